The van der Waals surface area contributed by atoms with Gasteiger partial charge < -0.3 is 10.0 Å². The molecule has 0 aromatic carbocycles. The molecule has 2 nitrogen and oxygen atoms in total. The van der Waals surface area contributed by atoms with Crippen LogP contribution in [0.2, 0.25) is 4.34 Å². The summed E-state index contributed by atoms with van der Waals surface area (Å²) in [5.74, 6) is 0.412. The number of hydrogen-bond acceptors (Lipinski definition) is 3. The monoisotopic (exact) mass is 245 g/mol. The van der Waals surface area contributed by atoms with Crippen LogP contribution in [0.5, 0.6) is 0 Å². The predicted octanol–water partition coefficient (Wildman–Crippen LogP) is 2.56. The lowest BCUT2D eigenvalue weighted by Crippen LogP contribution is -2.38. The molecule has 0 radical (unpaired) electrons. The third-order valence-corrected chi connectivity index (χ3v) is 4.21. The largest absolute Gasteiger partial charge is 0.383 e. The summed E-state index contributed by atoms with van der Waals surface area (Å²) >= 11 is 7.42. The molecule has 1 saturated carbocycles. The molecular weight excluding hydrogens is 230 g/mol. The molecule has 4 heteroatoms. The molecule has 0 aliphatic heterocycles. The summed E-state index contributed by atoms with van der Waals surface area (Å²) in [6.07, 6.45) is 2.25. The Hall–Kier alpha value is -0.0900. The molecule has 1 aliphatic carbocycles. The van der Waals surface area contributed by atoms with E-state index in [1.807, 2.05) is 31.1 Å². The van der Waals surface area contributed by atoms with Gasteiger partial charge in [0, 0.05) is 11.4 Å². The summed E-state index contributed by atoms with van der Waals surface area (Å²) in [6.45, 7) is 0.675. The molecule has 0 saturated heterocycles. The molecule has 1 N–H and O–H groups in total. The molecule has 1 atom stereocenters. The molecule has 1 aromatic rings. The second-order valence-electron chi connectivity index (χ2n) is 4.54. The van der Waals surface area contributed by atoms with Gasteiger partial charge in [-0.05, 0) is 45.0 Å². The third kappa shape index (κ3) is 2.36. The van der Waals surface area contributed by atoms with Crippen LogP contribution >= 0.6 is 22.9 Å². The highest BCUT2D eigenvalue weighted by Crippen LogP contribution is 2.48. The van der Waals surface area contributed by atoms with Crippen molar-refractivity contribution in [1.82, 2.24) is 4.90 Å². The van der Waals surface area contributed by atoms with Crippen molar-refractivity contribution in [3.8, 4) is 0 Å². The van der Waals surface area contributed by atoms with E-state index in [4.69, 9.17) is 11.6 Å². The lowest BCUT2D eigenvalue weighted by atomic mass is 9.95. The Bertz CT molecular complexity index is 348. The van der Waals surface area contributed by atoms with Crippen molar-refractivity contribution < 1.29 is 5.11 Å². The fourth-order valence-electron chi connectivity index (χ4n) is 2.00. The van der Waals surface area contributed by atoms with Crippen molar-refractivity contribution >= 4 is 22.9 Å². The number of aliphatic hydroxyl groups is 1. The van der Waals surface area contributed by atoms with Crippen LogP contribution in [0, 0.1) is 5.92 Å². The number of nitrogens with zero attached hydrogens (tertiary/aromatic N) is 1. The van der Waals surface area contributed by atoms with Gasteiger partial charge in [0.15, 0.2) is 0 Å². The van der Waals surface area contributed by atoms with E-state index in [9.17, 15) is 5.11 Å². The summed E-state index contributed by atoms with van der Waals surface area (Å²) in [4.78, 5) is 3.04. The average molecular weight is 246 g/mol. The van der Waals surface area contributed by atoms with E-state index in [0.717, 1.165) is 22.1 Å². The highest BCUT2D eigenvalue weighted by atomic mass is 35.5. The molecule has 0 spiro atoms. The first-order valence-electron chi connectivity index (χ1n) is 5.15. The van der Waals surface area contributed by atoms with E-state index in [-0.39, 0.29) is 0 Å². The van der Waals surface area contributed by atoms with Crippen molar-refractivity contribution in [1.29, 1.82) is 0 Å². The van der Waals surface area contributed by atoms with Crippen LogP contribution in [0.1, 0.15) is 17.7 Å². The van der Waals surface area contributed by atoms with Gasteiger partial charge in [0.25, 0.3) is 0 Å². The van der Waals surface area contributed by atoms with Crippen molar-refractivity contribution in [2.75, 3.05) is 20.6 Å². The summed E-state index contributed by atoms with van der Waals surface area (Å²) in [5.41, 5.74) is -0.693. The van der Waals surface area contributed by atoms with Crippen LogP contribution in [-0.4, -0.2) is 30.6 Å². The molecule has 84 valence electrons. The van der Waals surface area contributed by atoms with Gasteiger partial charge in [-0.3, -0.25) is 0 Å². The molecule has 2 rings (SSSR count). The smallest absolute Gasteiger partial charge is 0.114 e. The fraction of sp³-hybridized carbons (Fsp3) is 0.636. The van der Waals surface area contributed by atoms with Gasteiger partial charge in [0.1, 0.15) is 5.60 Å². The van der Waals surface area contributed by atoms with Crippen LogP contribution in [0.15, 0.2) is 12.1 Å². The molecule has 1 heterocycles. The summed E-state index contributed by atoms with van der Waals surface area (Å²) in [7, 11) is 3.98. The van der Waals surface area contributed by atoms with Gasteiger partial charge in [0.2, 0.25) is 0 Å². The Labute approximate surface area is 99.5 Å². The zero-order valence-corrected chi connectivity index (χ0v) is 10.6. The minimum absolute atomic E-state index is 0.412. The van der Waals surface area contributed by atoms with Crippen molar-refractivity contribution in [2.45, 2.75) is 18.4 Å². The number of likely N-dealkylation sites (N-methyl/N-ethyl adjacent to an activating group) is 1. The molecule has 0 amide bonds. The Morgan fingerprint density at radius 1 is 1.53 bits per heavy atom. The molecule has 1 aliphatic rings. The van der Waals surface area contributed by atoms with Crippen molar-refractivity contribution in [2.24, 2.45) is 5.92 Å². The van der Waals surface area contributed by atoms with Gasteiger partial charge in [-0.25, -0.2) is 0 Å². The van der Waals surface area contributed by atoms with E-state index in [1.165, 1.54) is 11.3 Å². The van der Waals surface area contributed by atoms with Gasteiger partial charge in [-0.1, -0.05) is 11.6 Å². The first kappa shape index (κ1) is 11.4. The molecule has 15 heavy (non-hydrogen) atoms. The standard InChI is InChI=1S/C11H16ClNOS/c1-13(2)7-11(14,8-3-4-8)9-5-6-10(12)15-9/h5-6,8,14H,3-4,7H2,1-2H3. The molecular formula is C11H16ClNOS. The van der Waals surface area contributed by atoms with Crippen molar-refractivity contribution in [3.05, 3.63) is 21.3 Å². The summed E-state index contributed by atoms with van der Waals surface area (Å²) in [6, 6.07) is 3.82. The Kier molecular flexibility index (Phi) is 3.08. The van der Waals surface area contributed by atoms with E-state index in [0.29, 0.717) is 12.5 Å². The van der Waals surface area contributed by atoms with Crippen molar-refractivity contribution in [3.63, 3.8) is 0 Å². The maximum Gasteiger partial charge on any atom is 0.114 e. The minimum atomic E-state index is -0.693. The SMILES string of the molecule is CN(C)CC(O)(c1ccc(Cl)s1)C1CC1. The summed E-state index contributed by atoms with van der Waals surface area (Å²) < 4.78 is 0.753. The Balaban J connectivity index is 2.25. The second-order valence-corrected chi connectivity index (χ2v) is 6.26. The first-order valence-corrected chi connectivity index (χ1v) is 6.35. The average Bonchev–Trinajstić information content (AvgIpc) is 2.89. The Morgan fingerprint density at radius 2 is 2.20 bits per heavy atom. The molecule has 1 aromatic heterocycles. The van der Waals surface area contributed by atoms with Crippen LogP contribution < -0.4 is 0 Å². The lowest BCUT2D eigenvalue weighted by Gasteiger charge is -2.30. The molecule has 1 fully saturated rings. The fourth-order valence-corrected chi connectivity index (χ4v) is 3.20. The van der Waals surface area contributed by atoms with Gasteiger partial charge in [0.05, 0.1) is 4.34 Å². The molecule has 1 unspecified atom stereocenters. The minimum Gasteiger partial charge on any atom is -0.383 e. The van der Waals surface area contributed by atoms with Gasteiger partial charge >= 0.3 is 0 Å². The maximum atomic E-state index is 10.7. The van der Waals surface area contributed by atoms with Gasteiger partial charge in [-0.2, -0.15) is 0 Å². The second kappa shape index (κ2) is 4.06. The van der Waals surface area contributed by atoms with Crippen LogP contribution in [0.4, 0.5) is 0 Å². The van der Waals surface area contributed by atoms with Crippen LogP contribution in [0.3, 0.4) is 0 Å². The highest BCUT2D eigenvalue weighted by molar-refractivity contribution is 7.16. The van der Waals surface area contributed by atoms with E-state index >= 15 is 0 Å². The zero-order valence-electron chi connectivity index (χ0n) is 9.03. The number of halogens is 1. The normalized spacial score (nSPS) is 20.6. The predicted molar refractivity (Wildman–Crippen MR) is 64.5 cm³/mol. The quantitative estimate of drug-likeness (QED) is 0.882. The lowest BCUT2D eigenvalue weighted by molar-refractivity contribution is -0.00661. The van der Waals surface area contributed by atoms with E-state index in [2.05, 4.69) is 0 Å². The topological polar surface area (TPSA) is 23.5 Å². The van der Waals surface area contributed by atoms with Gasteiger partial charge in [-0.15, -0.1) is 11.3 Å². The third-order valence-electron chi connectivity index (χ3n) is 2.81. The first-order chi connectivity index (χ1) is 7.02. The maximum absolute atomic E-state index is 10.7. The highest BCUT2D eigenvalue weighted by Gasteiger charge is 2.46. The Morgan fingerprint density at radius 3 is 2.60 bits per heavy atom. The summed E-state index contributed by atoms with van der Waals surface area (Å²) in [5, 5.41) is 10.7. The molecule has 0 bridgehead atoms. The van der Waals surface area contributed by atoms with E-state index < -0.39 is 5.60 Å². The van der Waals surface area contributed by atoms with Crippen LogP contribution in [0.25, 0.3) is 0 Å². The zero-order chi connectivity index (χ0) is 11.1. The number of thiophene rings is 1. The number of hydrogen-bond donors (Lipinski definition) is 1. The van der Waals surface area contributed by atoms with Crippen LogP contribution in [-0.2, 0) is 5.60 Å². The number of rotatable bonds is 4. The van der Waals surface area contributed by atoms with E-state index in [1.54, 1.807) is 0 Å².